The molecule has 0 spiro atoms. The lowest BCUT2D eigenvalue weighted by molar-refractivity contribution is -0.119. The van der Waals surface area contributed by atoms with Crippen LogP contribution in [0.3, 0.4) is 0 Å². The summed E-state index contributed by atoms with van der Waals surface area (Å²) < 4.78 is 25.4. The molecule has 0 fully saturated rings. The van der Waals surface area contributed by atoms with Crippen LogP contribution in [0.4, 0.5) is 0 Å². The molecular weight excluding hydrogens is 220 g/mol. The Bertz CT molecular complexity index is 464. The third-order valence-electron chi connectivity index (χ3n) is 1.83. The van der Waals surface area contributed by atoms with Crippen molar-refractivity contribution in [3.8, 4) is 0 Å². The summed E-state index contributed by atoms with van der Waals surface area (Å²) in [5.74, 6) is -0.736. The summed E-state index contributed by atoms with van der Waals surface area (Å²) in [6.07, 6.45) is 1.17. The van der Waals surface area contributed by atoms with Gasteiger partial charge in [0.05, 0.1) is 17.9 Å². The average Bonchev–Trinajstić information content (AvgIpc) is 2.50. The van der Waals surface area contributed by atoms with Gasteiger partial charge in [-0.2, -0.15) is 9.82 Å². The van der Waals surface area contributed by atoms with E-state index in [1.54, 1.807) is 6.92 Å². The summed E-state index contributed by atoms with van der Waals surface area (Å²) in [5.41, 5.74) is 5.35. The standard InChI is InChI=1S/C7H12N4O3S/c1-4-6(3-9-10-4)15(13,14)11-5(2)7(8)12/h3,5,11H,1-2H3,(H2,8,12)(H,9,10). The molecule has 0 aliphatic heterocycles. The maximum absolute atomic E-state index is 11.7. The van der Waals surface area contributed by atoms with Crippen molar-refractivity contribution < 1.29 is 13.2 Å². The van der Waals surface area contributed by atoms with E-state index in [0.717, 1.165) is 0 Å². The quantitative estimate of drug-likeness (QED) is 0.608. The second-order valence-electron chi connectivity index (χ2n) is 3.10. The van der Waals surface area contributed by atoms with Crippen LogP contribution in [-0.2, 0) is 14.8 Å². The van der Waals surface area contributed by atoms with E-state index >= 15 is 0 Å². The summed E-state index contributed by atoms with van der Waals surface area (Å²) in [6.45, 7) is 2.94. The fourth-order valence-corrected chi connectivity index (χ4v) is 2.31. The second kappa shape index (κ2) is 3.99. The minimum absolute atomic E-state index is 0.00981. The highest BCUT2D eigenvalue weighted by molar-refractivity contribution is 7.89. The average molecular weight is 232 g/mol. The third kappa shape index (κ3) is 2.54. The number of amides is 1. The first-order valence-corrected chi connectivity index (χ1v) is 5.64. The molecule has 1 aromatic rings. The van der Waals surface area contributed by atoms with Gasteiger partial charge in [0.2, 0.25) is 15.9 Å². The number of nitrogens with zero attached hydrogens (tertiary/aromatic N) is 1. The van der Waals surface area contributed by atoms with E-state index < -0.39 is 22.0 Å². The Hall–Kier alpha value is -1.41. The van der Waals surface area contributed by atoms with Crippen LogP contribution in [0.25, 0.3) is 0 Å². The van der Waals surface area contributed by atoms with Gasteiger partial charge in [-0.3, -0.25) is 9.89 Å². The van der Waals surface area contributed by atoms with Gasteiger partial charge >= 0.3 is 0 Å². The summed E-state index contributed by atoms with van der Waals surface area (Å²) in [4.78, 5) is 10.7. The monoisotopic (exact) mass is 232 g/mol. The van der Waals surface area contributed by atoms with Gasteiger partial charge < -0.3 is 5.73 Å². The van der Waals surface area contributed by atoms with E-state index in [1.165, 1.54) is 13.1 Å². The van der Waals surface area contributed by atoms with Crippen molar-refractivity contribution in [1.82, 2.24) is 14.9 Å². The maximum Gasteiger partial charge on any atom is 0.244 e. The lowest BCUT2D eigenvalue weighted by Crippen LogP contribution is -2.42. The summed E-state index contributed by atoms with van der Waals surface area (Å²) in [5, 5.41) is 6.07. The van der Waals surface area contributed by atoms with Crippen LogP contribution in [0.5, 0.6) is 0 Å². The van der Waals surface area contributed by atoms with Gasteiger partial charge in [0, 0.05) is 0 Å². The van der Waals surface area contributed by atoms with Gasteiger partial charge in [-0.1, -0.05) is 0 Å². The van der Waals surface area contributed by atoms with E-state index in [0.29, 0.717) is 5.69 Å². The molecule has 0 aliphatic rings. The van der Waals surface area contributed by atoms with Crippen LogP contribution in [0.15, 0.2) is 11.1 Å². The topological polar surface area (TPSA) is 118 Å². The van der Waals surface area contributed by atoms with Crippen molar-refractivity contribution in [3.63, 3.8) is 0 Å². The number of nitrogens with one attached hydrogen (secondary N) is 2. The zero-order valence-corrected chi connectivity index (χ0v) is 9.13. The van der Waals surface area contributed by atoms with Crippen molar-refractivity contribution >= 4 is 15.9 Å². The summed E-state index contributed by atoms with van der Waals surface area (Å²) >= 11 is 0. The second-order valence-corrected chi connectivity index (χ2v) is 4.79. The molecule has 0 aliphatic carbocycles. The van der Waals surface area contributed by atoms with Crippen LogP contribution in [0.1, 0.15) is 12.6 Å². The highest BCUT2D eigenvalue weighted by atomic mass is 32.2. The van der Waals surface area contributed by atoms with Crippen LogP contribution >= 0.6 is 0 Å². The summed E-state index contributed by atoms with van der Waals surface area (Å²) in [6, 6.07) is -0.954. The number of rotatable bonds is 4. The molecule has 7 nitrogen and oxygen atoms in total. The number of H-pyrrole nitrogens is 1. The molecule has 0 saturated carbocycles. The normalized spacial score (nSPS) is 13.7. The van der Waals surface area contributed by atoms with Gasteiger partial charge in [0.15, 0.2) is 0 Å². The van der Waals surface area contributed by atoms with Gasteiger partial charge in [-0.25, -0.2) is 8.42 Å². The molecule has 0 saturated heterocycles. The highest BCUT2D eigenvalue weighted by Crippen LogP contribution is 2.10. The molecule has 84 valence electrons. The Morgan fingerprint density at radius 2 is 2.27 bits per heavy atom. The molecule has 1 aromatic heterocycles. The molecule has 4 N–H and O–H groups in total. The lowest BCUT2D eigenvalue weighted by Gasteiger charge is -2.09. The van der Waals surface area contributed by atoms with Crippen LogP contribution < -0.4 is 10.5 Å². The lowest BCUT2D eigenvalue weighted by atomic mass is 10.4. The van der Waals surface area contributed by atoms with Gasteiger partial charge in [-0.05, 0) is 13.8 Å². The molecule has 0 bridgehead atoms. The zero-order chi connectivity index (χ0) is 11.6. The first-order valence-electron chi connectivity index (χ1n) is 4.16. The highest BCUT2D eigenvalue weighted by Gasteiger charge is 2.22. The van der Waals surface area contributed by atoms with E-state index in [4.69, 9.17) is 5.73 Å². The van der Waals surface area contributed by atoms with E-state index in [9.17, 15) is 13.2 Å². The van der Waals surface area contributed by atoms with Gasteiger partial charge in [-0.15, -0.1) is 0 Å². The molecule has 1 unspecified atom stereocenters. The maximum atomic E-state index is 11.7. The number of hydrogen-bond acceptors (Lipinski definition) is 4. The largest absolute Gasteiger partial charge is 0.368 e. The fraction of sp³-hybridized carbons (Fsp3) is 0.429. The molecule has 1 heterocycles. The first kappa shape index (κ1) is 11.7. The number of sulfonamides is 1. The number of aromatic amines is 1. The Kier molecular flexibility index (Phi) is 3.10. The minimum Gasteiger partial charge on any atom is -0.368 e. The van der Waals surface area contributed by atoms with E-state index in [1.807, 2.05) is 0 Å². The predicted molar refractivity (Wildman–Crippen MR) is 52.3 cm³/mol. The van der Waals surface area contributed by atoms with Crippen molar-refractivity contribution in [2.24, 2.45) is 5.73 Å². The Balaban J connectivity index is 2.96. The SMILES string of the molecule is Cc1[nH]ncc1S(=O)(=O)NC(C)C(N)=O. The van der Waals surface area contributed by atoms with Crippen LogP contribution in [0, 0.1) is 6.92 Å². The molecule has 1 amide bonds. The predicted octanol–water partition coefficient (Wildman–Crippen LogP) is -1.13. The Morgan fingerprint density at radius 1 is 1.67 bits per heavy atom. The van der Waals surface area contributed by atoms with Crippen molar-refractivity contribution in [2.45, 2.75) is 24.8 Å². The smallest absolute Gasteiger partial charge is 0.244 e. The zero-order valence-electron chi connectivity index (χ0n) is 8.31. The van der Waals surface area contributed by atoms with Crippen LogP contribution in [0.2, 0.25) is 0 Å². The number of carbonyl (C=O) groups is 1. The number of primary amides is 1. The molecule has 15 heavy (non-hydrogen) atoms. The molecule has 8 heteroatoms. The van der Waals surface area contributed by atoms with E-state index in [-0.39, 0.29) is 4.90 Å². The number of aryl methyl sites for hydroxylation is 1. The third-order valence-corrected chi connectivity index (χ3v) is 3.49. The van der Waals surface area contributed by atoms with Crippen molar-refractivity contribution in [3.05, 3.63) is 11.9 Å². The molecule has 1 atom stereocenters. The van der Waals surface area contributed by atoms with E-state index in [2.05, 4.69) is 14.9 Å². The minimum atomic E-state index is -3.74. The van der Waals surface area contributed by atoms with Gasteiger partial charge in [0.1, 0.15) is 4.90 Å². The Labute approximate surface area is 87.1 Å². The van der Waals surface area contributed by atoms with Crippen molar-refractivity contribution in [1.29, 1.82) is 0 Å². The number of aromatic nitrogens is 2. The number of hydrogen-bond donors (Lipinski definition) is 3. The first-order chi connectivity index (χ1) is 6.84. The van der Waals surface area contributed by atoms with Crippen LogP contribution in [-0.4, -0.2) is 30.6 Å². The molecule has 0 radical (unpaired) electrons. The Morgan fingerprint density at radius 3 is 2.67 bits per heavy atom. The molecule has 1 rings (SSSR count). The summed E-state index contributed by atoms with van der Waals surface area (Å²) in [7, 11) is -3.74. The van der Waals surface area contributed by atoms with Crippen molar-refractivity contribution in [2.75, 3.05) is 0 Å². The number of carbonyl (C=O) groups excluding carboxylic acids is 1. The fourth-order valence-electron chi connectivity index (χ4n) is 0.965. The van der Waals surface area contributed by atoms with Gasteiger partial charge in [0.25, 0.3) is 0 Å². The number of nitrogens with two attached hydrogens (primary N) is 1. The molecule has 0 aromatic carbocycles. The molecular formula is C7H12N4O3S.